The van der Waals surface area contributed by atoms with Gasteiger partial charge in [0.25, 0.3) is 0 Å². The van der Waals surface area contributed by atoms with Gasteiger partial charge < -0.3 is 0 Å². The molecular weight excluding hydrogens is 338 g/mol. The molecule has 0 unspecified atom stereocenters. The fourth-order valence-electron chi connectivity index (χ4n) is 3.24. The maximum atomic E-state index is 14.8. The summed E-state index contributed by atoms with van der Waals surface area (Å²) in [5.74, 6) is -0.925. The highest BCUT2D eigenvalue weighted by molar-refractivity contribution is 6.30. The Balaban J connectivity index is 1.95. The van der Waals surface area contributed by atoms with Crippen LogP contribution < -0.4 is 0 Å². The first-order chi connectivity index (χ1) is 12.1. The molecule has 0 fully saturated rings. The van der Waals surface area contributed by atoms with Crippen molar-refractivity contribution in [3.8, 4) is 11.1 Å². The summed E-state index contributed by atoms with van der Waals surface area (Å²) in [6.45, 7) is 2.11. The van der Waals surface area contributed by atoms with Crippen molar-refractivity contribution in [1.29, 1.82) is 0 Å². The third-order valence-corrected chi connectivity index (χ3v) is 4.93. The van der Waals surface area contributed by atoms with E-state index >= 15 is 0 Å². The second-order valence-electron chi connectivity index (χ2n) is 6.16. The number of fused-ring (bicyclic) bond motifs is 3. The normalized spacial score (nSPS) is 11.4. The summed E-state index contributed by atoms with van der Waals surface area (Å²) in [4.78, 5) is 0. The molecule has 0 N–H and O–H groups in total. The van der Waals surface area contributed by atoms with Gasteiger partial charge in [-0.15, -0.1) is 0 Å². The maximum absolute atomic E-state index is 14.8. The van der Waals surface area contributed by atoms with Crippen LogP contribution in [0.3, 0.4) is 0 Å². The van der Waals surface area contributed by atoms with E-state index in [9.17, 15) is 8.78 Å². The molecule has 3 heteroatoms. The van der Waals surface area contributed by atoms with E-state index in [0.29, 0.717) is 11.1 Å². The Morgan fingerprint density at radius 3 is 2.24 bits per heavy atom. The van der Waals surface area contributed by atoms with Crippen molar-refractivity contribution in [2.45, 2.75) is 13.3 Å². The maximum Gasteiger partial charge on any atom is 0.142 e. The molecule has 0 heterocycles. The molecule has 0 atom stereocenters. The predicted molar refractivity (Wildman–Crippen MR) is 101 cm³/mol. The fraction of sp³-hybridized carbons (Fsp3) is 0.0909. The molecular formula is C22H15ClF2. The number of benzene rings is 4. The third-order valence-electron chi connectivity index (χ3n) is 4.63. The minimum absolute atomic E-state index is 0.0302. The third kappa shape index (κ3) is 2.77. The molecule has 124 valence electrons. The second-order valence-corrected chi connectivity index (χ2v) is 6.56. The second kappa shape index (κ2) is 6.12. The average molecular weight is 353 g/mol. The summed E-state index contributed by atoms with van der Waals surface area (Å²) in [6.07, 6.45) is 0.962. The van der Waals surface area contributed by atoms with Crippen molar-refractivity contribution in [1.82, 2.24) is 0 Å². The highest BCUT2D eigenvalue weighted by Gasteiger charge is 2.11. The van der Waals surface area contributed by atoms with E-state index in [2.05, 4.69) is 19.1 Å². The summed E-state index contributed by atoms with van der Waals surface area (Å²) in [6, 6.07) is 17.9. The Morgan fingerprint density at radius 2 is 1.52 bits per heavy atom. The van der Waals surface area contributed by atoms with Gasteiger partial charge in [-0.1, -0.05) is 54.9 Å². The Kier molecular flexibility index (Phi) is 3.93. The van der Waals surface area contributed by atoms with Crippen molar-refractivity contribution in [3.05, 3.63) is 82.9 Å². The van der Waals surface area contributed by atoms with Gasteiger partial charge in [0, 0.05) is 5.56 Å². The molecule has 0 aliphatic rings. The van der Waals surface area contributed by atoms with Gasteiger partial charge in [0.05, 0.1) is 5.02 Å². The predicted octanol–water partition coefficient (Wildman–Crippen LogP) is 7.15. The van der Waals surface area contributed by atoms with Crippen LogP contribution in [0.25, 0.3) is 32.7 Å². The Hall–Kier alpha value is -2.45. The van der Waals surface area contributed by atoms with Crippen molar-refractivity contribution in [2.24, 2.45) is 0 Å². The lowest BCUT2D eigenvalue weighted by Gasteiger charge is -2.10. The van der Waals surface area contributed by atoms with Gasteiger partial charge in [0.15, 0.2) is 0 Å². The van der Waals surface area contributed by atoms with Gasteiger partial charge in [0.2, 0.25) is 0 Å². The van der Waals surface area contributed by atoms with Crippen LogP contribution in [-0.4, -0.2) is 0 Å². The SMILES string of the molecule is CCc1ccc2c(ccc3cc(-c4ccc(Cl)c(F)c4)c(F)cc32)c1. The zero-order valence-electron chi connectivity index (χ0n) is 13.6. The fourth-order valence-corrected chi connectivity index (χ4v) is 3.36. The largest absolute Gasteiger partial charge is 0.206 e. The summed E-state index contributed by atoms with van der Waals surface area (Å²) in [5.41, 5.74) is 2.09. The summed E-state index contributed by atoms with van der Waals surface area (Å²) in [5, 5.41) is 3.92. The van der Waals surface area contributed by atoms with E-state index < -0.39 is 5.82 Å². The van der Waals surface area contributed by atoms with Crippen molar-refractivity contribution in [2.75, 3.05) is 0 Å². The quantitative estimate of drug-likeness (QED) is 0.336. The minimum atomic E-state index is -0.552. The molecule has 0 aliphatic heterocycles. The molecule has 0 nitrogen and oxygen atoms in total. The first-order valence-electron chi connectivity index (χ1n) is 8.17. The number of aryl methyl sites for hydroxylation is 1. The van der Waals surface area contributed by atoms with E-state index in [4.69, 9.17) is 11.6 Å². The zero-order chi connectivity index (χ0) is 17.6. The molecule has 25 heavy (non-hydrogen) atoms. The topological polar surface area (TPSA) is 0 Å². The Bertz CT molecular complexity index is 1120. The van der Waals surface area contributed by atoms with Crippen LogP contribution >= 0.6 is 11.6 Å². The Labute approximate surface area is 149 Å². The average Bonchev–Trinajstić information content (AvgIpc) is 2.63. The standard InChI is InChI=1S/C22H15ClF2/c1-2-13-3-7-17-14(9-13)4-5-15-10-19(21(24)12-18(15)17)16-6-8-20(23)22(25)11-16/h3-12H,2H2,1H3. The number of hydrogen-bond donors (Lipinski definition) is 0. The van der Waals surface area contributed by atoms with E-state index in [0.717, 1.165) is 28.0 Å². The lowest BCUT2D eigenvalue weighted by molar-refractivity contribution is 0.625. The van der Waals surface area contributed by atoms with Crippen molar-refractivity contribution < 1.29 is 8.78 Å². The minimum Gasteiger partial charge on any atom is -0.206 e. The zero-order valence-corrected chi connectivity index (χ0v) is 14.4. The van der Waals surface area contributed by atoms with Gasteiger partial charge in [-0.3, -0.25) is 0 Å². The van der Waals surface area contributed by atoms with Crippen LogP contribution in [0.5, 0.6) is 0 Å². The molecule has 4 aromatic rings. The Morgan fingerprint density at radius 1 is 0.760 bits per heavy atom. The van der Waals surface area contributed by atoms with Gasteiger partial charge in [-0.25, -0.2) is 8.78 Å². The molecule has 0 radical (unpaired) electrons. The van der Waals surface area contributed by atoms with Crippen molar-refractivity contribution >= 4 is 33.1 Å². The van der Waals surface area contributed by atoms with Crippen molar-refractivity contribution in [3.63, 3.8) is 0 Å². The number of rotatable bonds is 2. The number of hydrogen-bond acceptors (Lipinski definition) is 0. The number of halogens is 3. The van der Waals surface area contributed by atoms with Crippen LogP contribution in [0.15, 0.2) is 60.7 Å². The van der Waals surface area contributed by atoms with Crippen LogP contribution in [-0.2, 0) is 6.42 Å². The lowest BCUT2D eigenvalue weighted by atomic mass is 9.96. The van der Waals surface area contributed by atoms with E-state index in [1.807, 2.05) is 18.2 Å². The monoisotopic (exact) mass is 352 g/mol. The van der Waals surface area contributed by atoms with Gasteiger partial charge >= 0.3 is 0 Å². The van der Waals surface area contributed by atoms with E-state index in [1.165, 1.54) is 23.8 Å². The molecule has 0 aliphatic carbocycles. The lowest BCUT2D eigenvalue weighted by Crippen LogP contribution is -1.89. The molecule has 4 rings (SSSR count). The van der Waals surface area contributed by atoms with Crippen LogP contribution in [0, 0.1) is 11.6 Å². The molecule has 0 bridgehead atoms. The van der Waals surface area contributed by atoms with Crippen LogP contribution in [0.2, 0.25) is 5.02 Å². The van der Waals surface area contributed by atoms with Gasteiger partial charge in [0.1, 0.15) is 11.6 Å². The first-order valence-corrected chi connectivity index (χ1v) is 8.55. The highest BCUT2D eigenvalue weighted by Crippen LogP contribution is 2.33. The van der Waals surface area contributed by atoms with Gasteiger partial charge in [-0.05, 0) is 63.4 Å². The highest BCUT2D eigenvalue weighted by atomic mass is 35.5. The summed E-state index contributed by atoms with van der Waals surface area (Å²) >= 11 is 5.72. The van der Waals surface area contributed by atoms with Crippen LogP contribution in [0.1, 0.15) is 12.5 Å². The molecule has 4 aromatic carbocycles. The van der Waals surface area contributed by atoms with E-state index in [1.54, 1.807) is 12.1 Å². The smallest absolute Gasteiger partial charge is 0.142 e. The molecule has 0 spiro atoms. The summed E-state index contributed by atoms with van der Waals surface area (Å²) < 4.78 is 28.5. The van der Waals surface area contributed by atoms with Crippen LogP contribution in [0.4, 0.5) is 8.78 Å². The molecule has 0 saturated heterocycles. The first kappa shape index (κ1) is 16.0. The molecule has 0 amide bonds. The van der Waals surface area contributed by atoms with E-state index in [-0.39, 0.29) is 10.8 Å². The molecule has 0 aromatic heterocycles. The summed E-state index contributed by atoms with van der Waals surface area (Å²) in [7, 11) is 0. The van der Waals surface area contributed by atoms with Gasteiger partial charge in [-0.2, -0.15) is 0 Å². The molecule has 0 saturated carbocycles.